The fraction of sp³-hybridized carbons (Fsp3) is 0.375. The van der Waals surface area contributed by atoms with E-state index in [1.54, 1.807) is 0 Å². The largest absolute Gasteiger partial charge is 0.476 e. The van der Waals surface area contributed by atoms with Crippen molar-refractivity contribution < 1.29 is 9.90 Å². The summed E-state index contributed by atoms with van der Waals surface area (Å²) < 4.78 is 0. The Bertz CT molecular complexity index is 364. The van der Waals surface area contributed by atoms with Crippen LogP contribution in [0.5, 0.6) is 0 Å². The van der Waals surface area contributed by atoms with Gasteiger partial charge in [0.25, 0.3) is 0 Å². The summed E-state index contributed by atoms with van der Waals surface area (Å²) in [6.07, 6.45) is 1.31. The second kappa shape index (κ2) is 2.77. The lowest BCUT2D eigenvalue weighted by atomic mass is 10.3. The molecule has 1 aliphatic rings. The van der Waals surface area contributed by atoms with Gasteiger partial charge in [0.05, 0.1) is 17.6 Å². The average Bonchev–Trinajstić information content (AvgIpc) is 2.42. The highest BCUT2D eigenvalue weighted by Gasteiger charge is 2.19. The first-order valence-corrected chi connectivity index (χ1v) is 3.93. The topological polar surface area (TPSA) is 66.3 Å². The van der Waals surface area contributed by atoms with Crippen molar-refractivity contribution in [3.05, 3.63) is 23.3 Å². The second-order valence-corrected chi connectivity index (χ2v) is 3.13. The monoisotopic (exact) mass is 179 g/mol. The van der Waals surface area contributed by atoms with Crippen molar-refractivity contribution in [3.8, 4) is 0 Å². The van der Waals surface area contributed by atoms with E-state index in [-0.39, 0.29) is 5.69 Å². The van der Waals surface area contributed by atoms with E-state index >= 15 is 0 Å². The van der Waals surface area contributed by atoms with Crippen LogP contribution in [-0.4, -0.2) is 33.0 Å². The Kier molecular flexibility index (Phi) is 1.73. The first kappa shape index (κ1) is 8.12. The molecule has 1 aromatic heterocycles. The zero-order valence-corrected chi connectivity index (χ0v) is 7.19. The van der Waals surface area contributed by atoms with Crippen LogP contribution in [0.1, 0.15) is 21.9 Å². The third kappa shape index (κ3) is 1.38. The number of carboxylic acids is 1. The fourth-order valence-corrected chi connectivity index (χ4v) is 1.38. The third-order valence-corrected chi connectivity index (χ3v) is 1.99. The predicted molar refractivity (Wildman–Crippen MR) is 44.2 cm³/mol. The number of hydrogen-bond donors (Lipinski definition) is 1. The second-order valence-electron chi connectivity index (χ2n) is 3.13. The summed E-state index contributed by atoms with van der Waals surface area (Å²) in [6, 6.07) is 0. The molecule has 0 aliphatic carbocycles. The van der Waals surface area contributed by atoms with Gasteiger partial charge in [-0.15, -0.1) is 0 Å². The summed E-state index contributed by atoms with van der Waals surface area (Å²) in [4.78, 5) is 20.6. The molecule has 5 heteroatoms. The highest BCUT2D eigenvalue weighted by atomic mass is 16.4. The normalized spacial score (nSPS) is 15.8. The van der Waals surface area contributed by atoms with Crippen LogP contribution in [-0.2, 0) is 13.1 Å². The summed E-state index contributed by atoms with van der Waals surface area (Å²) in [5.41, 5.74) is 1.68. The van der Waals surface area contributed by atoms with Gasteiger partial charge in [0.2, 0.25) is 0 Å². The number of carboxylic acid groups (broad SMARTS) is 1. The molecule has 0 unspecified atom stereocenters. The van der Waals surface area contributed by atoms with E-state index in [4.69, 9.17) is 5.11 Å². The zero-order chi connectivity index (χ0) is 9.42. The summed E-state index contributed by atoms with van der Waals surface area (Å²) in [5, 5.41) is 8.67. The van der Waals surface area contributed by atoms with Crippen LogP contribution in [0, 0.1) is 0 Å². The quantitative estimate of drug-likeness (QED) is 0.663. The summed E-state index contributed by atoms with van der Waals surface area (Å²) in [5.74, 6) is -1.02. The number of aromatic carboxylic acids is 1. The number of carbonyl (C=O) groups is 1. The molecule has 0 atom stereocenters. The Morgan fingerprint density at radius 2 is 2.23 bits per heavy atom. The molecular weight excluding hydrogens is 170 g/mol. The molecule has 68 valence electrons. The Morgan fingerprint density at radius 3 is 2.92 bits per heavy atom. The minimum atomic E-state index is -1.02. The maximum atomic E-state index is 10.6. The van der Waals surface area contributed by atoms with Gasteiger partial charge in [-0.3, -0.25) is 9.88 Å². The lowest BCUT2D eigenvalue weighted by molar-refractivity contribution is 0.0689. The minimum absolute atomic E-state index is 0.0223. The third-order valence-electron chi connectivity index (χ3n) is 1.99. The fourth-order valence-electron chi connectivity index (χ4n) is 1.38. The predicted octanol–water partition coefficient (Wildman–Crippen LogP) is 0.120. The molecule has 13 heavy (non-hydrogen) atoms. The van der Waals surface area contributed by atoms with Crippen LogP contribution in [0.25, 0.3) is 0 Å². The van der Waals surface area contributed by atoms with E-state index in [2.05, 4.69) is 9.97 Å². The lowest BCUT2D eigenvalue weighted by Gasteiger charge is -2.01. The van der Waals surface area contributed by atoms with Crippen molar-refractivity contribution in [3.63, 3.8) is 0 Å². The average molecular weight is 179 g/mol. The van der Waals surface area contributed by atoms with Crippen molar-refractivity contribution in [1.82, 2.24) is 14.9 Å². The Labute approximate surface area is 75.0 Å². The molecule has 5 nitrogen and oxygen atoms in total. The number of aromatic nitrogens is 2. The number of fused-ring (bicyclic) bond motifs is 1. The highest BCUT2D eigenvalue weighted by molar-refractivity contribution is 5.84. The first-order chi connectivity index (χ1) is 6.16. The van der Waals surface area contributed by atoms with E-state index < -0.39 is 5.97 Å². The van der Waals surface area contributed by atoms with Crippen LogP contribution in [0.3, 0.4) is 0 Å². The van der Waals surface area contributed by atoms with Gasteiger partial charge in [-0.05, 0) is 7.05 Å². The minimum Gasteiger partial charge on any atom is -0.476 e. The van der Waals surface area contributed by atoms with Crippen molar-refractivity contribution in [1.29, 1.82) is 0 Å². The van der Waals surface area contributed by atoms with Gasteiger partial charge in [-0.25, -0.2) is 9.78 Å². The molecule has 0 spiro atoms. The number of hydrogen-bond acceptors (Lipinski definition) is 4. The zero-order valence-electron chi connectivity index (χ0n) is 7.19. The van der Waals surface area contributed by atoms with Gasteiger partial charge < -0.3 is 5.11 Å². The summed E-state index contributed by atoms with van der Waals surface area (Å²) >= 11 is 0. The Hall–Kier alpha value is -1.49. The molecule has 0 aromatic carbocycles. The van der Waals surface area contributed by atoms with E-state index in [1.165, 1.54) is 6.20 Å². The van der Waals surface area contributed by atoms with Gasteiger partial charge in [-0.2, -0.15) is 0 Å². The molecule has 1 aliphatic heterocycles. The maximum Gasteiger partial charge on any atom is 0.356 e. The van der Waals surface area contributed by atoms with Gasteiger partial charge >= 0.3 is 5.97 Å². The SMILES string of the molecule is CN1Cc2ncc(C(=O)O)nc2C1. The molecule has 2 rings (SSSR count). The lowest BCUT2D eigenvalue weighted by Crippen LogP contribution is -2.08. The maximum absolute atomic E-state index is 10.6. The molecule has 1 N–H and O–H groups in total. The van der Waals surface area contributed by atoms with Crippen LogP contribution in [0.15, 0.2) is 6.20 Å². The number of rotatable bonds is 1. The standard InChI is InChI=1S/C8H9N3O2/c1-11-3-6-7(4-11)10-5(2-9-6)8(12)13/h2H,3-4H2,1H3,(H,12,13). The molecule has 0 fully saturated rings. The van der Waals surface area contributed by atoms with Crippen LogP contribution >= 0.6 is 0 Å². The molecule has 2 heterocycles. The molecule has 0 radical (unpaired) electrons. The molecule has 0 saturated carbocycles. The van der Waals surface area contributed by atoms with Crippen molar-refractivity contribution in [2.24, 2.45) is 0 Å². The van der Waals surface area contributed by atoms with Crippen molar-refractivity contribution in [2.45, 2.75) is 13.1 Å². The van der Waals surface area contributed by atoms with Crippen LogP contribution in [0.2, 0.25) is 0 Å². The van der Waals surface area contributed by atoms with E-state index in [0.29, 0.717) is 6.54 Å². The van der Waals surface area contributed by atoms with Crippen LogP contribution in [0.4, 0.5) is 0 Å². The highest BCUT2D eigenvalue weighted by Crippen LogP contribution is 2.16. The van der Waals surface area contributed by atoms with Gasteiger partial charge in [0, 0.05) is 13.1 Å². The summed E-state index contributed by atoms with van der Waals surface area (Å²) in [6.45, 7) is 1.44. The van der Waals surface area contributed by atoms with Gasteiger partial charge in [-0.1, -0.05) is 0 Å². The smallest absolute Gasteiger partial charge is 0.356 e. The molecule has 0 saturated heterocycles. The van der Waals surface area contributed by atoms with Gasteiger partial charge in [0.15, 0.2) is 5.69 Å². The molecule has 1 aromatic rings. The van der Waals surface area contributed by atoms with E-state index in [9.17, 15) is 4.79 Å². The Morgan fingerprint density at radius 1 is 1.54 bits per heavy atom. The molecular formula is C8H9N3O2. The molecule has 0 amide bonds. The molecule has 0 bridgehead atoms. The first-order valence-electron chi connectivity index (χ1n) is 3.93. The number of nitrogens with zero attached hydrogens (tertiary/aromatic N) is 3. The van der Waals surface area contributed by atoms with E-state index in [0.717, 1.165) is 17.9 Å². The van der Waals surface area contributed by atoms with Gasteiger partial charge in [0.1, 0.15) is 0 Å². The van der Waals surface area contributed by atoms with Crippen LogP contribution < -0.4 is 0 Å². The summed E-state index contributed by atoms with van der Waals surface area (Å²) in [7, 11) is 1.95. The van der Waals surface area contributed by atoms with Crippen molar-refractivity contribution >= 4 is 5.97 Å². The Balaban J connectivity index is 2.40. The van der Waals surface area contributed by atoms with Crippen molar-refractivity contribution in [2.75, 3.05) is 7.05 Å². The van der Waals surface area contributed by atoms with E-state index in [1.807, 2.05) is 11.9 Å².